The molecule has 0 saturated carbocycles. The molecule has 0 amide bonds. The van der Waals surface area contributed by atoms with Crippen molar-refractivity contribution in [3.05, 3.63) is 48.0 Å². The Kier molecular flexibility index (Phi) is 5.12. The van der Waals surface area contributed by atoms with Crippen molar-refractivity contribution in [3.63, 3.8) is 0 Å². The van der Waals surface area contributed by atoms with Gasteiger partial charge in [0.05, 0.1) is 11.3 Å². The number of nitrogens with zero attached hydrogens (tertiary/aromatic N) is 1. The Morgan fingerprint density at radius 1 is 1.15 bits per heavy atom. The zero-order valence-corrected chi connectivity index (χ0v) is 15.9. The second-order valence-electron chi connectivity index (χ2n) is 6.95. The van der Waals surface area contributed by atoms with E-state index in [0.717, 1.165) is 6.07 Å². The van der Waals surface area contributed by atoms with Gasteiger partial charge in [0.15, 0.2) is 5.75 Å². The van der Waals surface area contributed by atoms with Gasteiger partial charge in [0.1, 0.15) is 10.6 Å². The van der Waals surface area contributed by atoms with Gasteiger partial charge in [-0.1, -0.05) is 32.0 Å². The molecule has 8 heteroatoms. The second kappa shape index (κ2) is 7.21. The van der Waals surface area contributed by atoms with Crippen molar-refractivity contribution < 1.29 is 23.1 Å². The van der Waals surface area contributed by atoms with Crippen molar-refractivity contribution in [2.24, 2.45) is 17.0 Å². The molecule has 27 heavy (non-hydrogen) atoms. The third-order valence-electron chi connectivity index (χ3n) is 4.88. The smallest absolute Gasteiger partial charge is 0.335 e. The molecule has 1 saturated heterocycles. The Morgan fingerprint density at radius 2 is 1.74 bits per heavy atom. The van der Waals surface area contributed by atoms with E-state index in [9.17, 15) is 18.3 Å². The Morgan fingerprint density at radius 3 is 2.26 bits per heavy atom. The van der Waals surface area contributed by atoms with Crippen LogP contribution in [0.5, 0.6) is 11.5 Å². The number of carboxylic acids is 1. The lowest BCUT2D eigenvalue weighted by atomic mass is 10.0. The quantitative estimate of drug-likeness (QED) is 0.812. The first-order chi connectivity index (χ1) is 12.7. The number of hydrogen-bond donors (Lipinski definition) is 2. The third-order valence-corrected chi connectivity index (χ3v) is 5.80. The van der Waals surface area contributed by atoms with E-state index in [0.29, 0.717) is 36.4 Å². The van der Waals surface area contributed by atoms with E-state index in [1.54, 1.807) is 24.3 Å². The Bertz CT molecular complexity index is 950. The van der Waals surface area contributed by atoms with E-state index < -0.39 is 16.0 Å². The zero-order chi connectivity index (χ0) is 19.8. The molecule has 1 aliphatic heterocycles. The minimum atomic E-state index is -4.20. The van der Waals surface area contributed by atoms with Gasteiger partial charge in [-0.3, -0.25) is 0 Å². The van der Waals surface area contributed by atoms with E-state index >= 15 is 0 Å². The standard InChI is InChI=1S/C19H22N2O5S/c1-12-10-21(11-13(12)2)16-8-14(19(22)23)9-17(27(20,24)25)18(16)26-15-6-4-3-5-7-15/h3-9,12-13H,10-11H2,1-2H3,(H,22,23)(H2,20,24,25). The highest BCUT2D eigenvalue weighted by atomic mass is 32.2. The van der Waals surface area contributed by atoms with Gasteiger partial charge >= 0.3 is 5.97 Å². The summed E-state index contributed by atoms with van der Waals surface area (Å²) in [6, 6.07) is 11.2. The first-order valence-electron chi connectivity index (χ1n) is 8.59. The molecule has 1 fully saturated rings. The molecule has 0 aromatic heterocycles. The number of rotatable bonds is 5. The Hall–Kier alpha value is -2.58. The number of anilines is 1. The molecule has 2 aromatic carbocycles. The largest absolute Gasteiger partial charge is 0.478 e. The highest BCUT2D eigenvalue weighted by Crippen LogP contribution is 2.41. The Balaban J connectivity index is 2.21. The molecule has 3 rings (SSSR count). The van der Waals surface area contributed by atoms with Crippen molar-refractivity contribution in [3.8, 4) is 11.5 Å². The van der Waals surface area contributed by atoms with Gasteiger partial charge in [0.2, 0.25) is 10.0 Å². The summed E-state index contributed by atoms with van der Waals surface area (Å²) in [5, 5.41) is 14.8. The molecule has 2 aromatic rings. The van der Waals surface area contributed by atoms with Crippen LogP contribution >= 0.6 is 0 Å². The topological polar surface area (TPSA) is 110 Å². The summed E-state index contributed by atoms with van der Waals surface area (Å²) in [6.07, 6.45) is 0. The van der Waals surface area contributed by atoms with Crippen LogP contribution in [0.15, 0.2) is 47.4 Å². The van der Waals surface area contributed by atoms with Crippen molar-refractivity contribution in [2.75, 3.05) is 18.0 Å². The predicted molar refractivity (Wildman–Crippen MR) is 102 cm³/mol. The summed E-state index contributed by atoms with van der Waals surface area (Å²) >= 11 is 0. The van der Waals surface area contributed by atoms with E-state index in [1.165, 1.54) is 6.07 Å². The number of ether oxygens (including phenoxy) is 1. The van der Waals surface area contributed by atoms with E-state index in [2.05, 4.69) is 13.8 Å². The highest BCUT2D eigenvalue weighted by Gasteiger charge is 2.32. The first kappa shape index (κ1) is 19.2. The maximum Gasteiger partial charge on any atom is 0.335 e. The number of hydrogen-bond acceptors (Lipinski definition) is 5. The molecule has 144 valence electrons. The van der Waals surface area contributed by atoms with Crippen LogP contribution in [-0.4, -0.2) is 32.6 Å². The van der Waals surface area contributed by atoms with Crippen LogP contribution in [0.2, 0.25) is 0 Å². The minimum absolute atomic E-state index is 0.0509. The number of nitrogens with two attached hydrogens (primary N) is 1. The van der Waals surface area contributed by atoms with Gasteiger partial charge < -0.3 is 14.7 Å². The van der Waals surface area contributed by atoms with Crippen LogP contribution in [-0.2, 0) is 10.0 Å². The number of carboxylic acid groups (broad SMARTS) is 1. The predicted octanol–water partition coefficient (Wildman–Crippen LogP) is 2.92. The lowest BCUT2D eigenvalue weighted by Crippen LogP contribution is -2.23. The maximum absolute atomic E-state index is 12.2. The molecular formula is C19H22N2O5S. The molecule has 2 unspecified atom stereocenters. The first-order valence-corrected chi connectivity index (χ1v) is 10.1. The molecule has 1 aliphatic rings. The number of carbonyl (C=O) groups is 1. The third kappa shape index (κ3) is 4.06. The summed E-state index contributed by atoms with van der Waals surface area (Å²) < 4.78 is 30.3. The Labute approximate surface area is 158 Å². The van der Waals surface area contributed by atoms with Crippen LogP contribution in [0, 0.1) is 11.8 Å². The summed E-state index contributed by atoms with van der Waals surface area (Å²) in [5.41, 5.74) is 0.264. The van der Waals surface area contributed by atoms with Crippen molar-refractivity contribution in [2.45, 2.75) is 18.7 Å². The number of sulfonamides is 1. The van der Waals surface area contributed by atoms with Crippen molar-refractivity contribution in [1.82, 2.24) is 0 Å². The molecule has 3 N–H and O–H groups in total. The molecule has 0 bridgehead atoms. The van der Waals surface area contributed by atoms with Crippen LogP contribution in [0.25, 0.3) is 0 Å². The molecule has 0 spiro atoms. The zero-order valence-electron chi connectivity index (χ0n) is 15.1. The van der Waals surface area contributed by atoms with Gasteiger partial charge in [0, 0.05) is 13.1 Å². The summed E-state index contributed by atoms with van der Waals surface area (Å²) in [4.78, 5) is 13.2. The average Bonchev–Trinajstić information content (AvgIpc) is 2.93. The van der Waals surface area contributed by atoms with E-state index in [1.807, 2.05) is 11.0 Å². The van der Waals surface area contributed by atoms with Crippen LogP contribution in [0.3, 0.4) is 0 Å². The SMILES string of the molecule is CC1CN(c2cc(C(=O)O)cc(S(N)(=O)=O)c2Oc2ccccc2)CC1C. The molecule has 0 radical (unpaired) electrons. The fraction of sp³-hybridized carbons (Fsp3) is 0.316. The summed E-state index contributed by atoms with van der Waals surface area (Å²) in [6.45, 7) is 5.53. The highest BCUT2D eigenvalue weighted by molar-refractivity contribution is 7.89. The monoisotopic (exact) mass is 390 g/mol. The number of benzene rings is 2. The van der Waals surface area contributed by atoms with Gasteiger partial charge in [-0.05, 0) is 36.1 Å². The number of primary sulfonamides is 1. The number of para-hydroxylation sites is 1. The minimum Gasteiger partial charge on any atom is -0.478 e. The van der Waals surface area contributed by atoms with Gasteiger partial charge in [-0.25, -0.2) is 18.4 Å². The molecule has 1 heterocycles. The maximum atomic E-state index is 12.2. The fourth-order valence-electron chi connectivity index (χ4n) is 3.19. The second-order valence-corrected chi connectivity index (χ2v) is 8.48. The van der Waals surface area contributed by atoms with Gasteiger partial charge in [-0.15, -0.1) is 0 Å². The normalized spacial score (nSPS) is 19.9. The van der Waals surface area contributed by atoms with E-state index in [-0.39, 0.29) is 16.2 Å². The molecular weight excluding hydrogens is 368 g/mol. The van der Waals surface area contributed by atoms with Gasteiger partial charge in [-0.2, -0.15) is 0 Å². The fourth-order valence-corrected chi connectivity index (χ4v) is 3.89. The van der Waals surface area contributed by atoms with Crippen LogP contribution in [0.4, 0.5) is 5.69 Å². The van der Waals surface area contributed by atoms with Crippen LogP contribution in [0.1, 0.15) is 24.2 Å². The molecule has 0 aliphatic carbocycles. The lowest BCUT2D eigenvalue weighted by Gasteiger charge is -2.24. The average molecular weight is 390 g/mol. The molecule has 7 nitrogen and oxygen atoms in total. The molecule has 2 atom stereocenters. The van der Waals surface area contributed by atoms with Crippen molar-refractivity contribution in [1.29, 1.82) is 0 Å². The summed E-state index contributed by atoms with van der Waals surface area (Å²) in [5.74, 6) is 0.0108. The number of aromatic carboxylic acids is 1. The van der Waals surface area contributed by atoms with Crippen LogP contribution < -0.4 is 14.8 Å². The van der Waals surface area contributed by atoms with Gasteiger partial charge in [0.25, 0.3) is 0 Å². The van der Waals surface area contributed by atoms with E-state index in [4.69, 9.17) is 9.88 Å². The van der Waals surface area contributed by atoms with Crippen molar-refractivity contribution >= 4 is 21.7 Å². The lowest BCUT2D eigenvalue weighted by molar-refractivity contribution is 0.0696. The summed E-state index contributed by atoms with van der Waals surface area (Å²) in [7, 11) is -4.20.